The average Bonchev–Trinajstić information content (AvgIpc) is 2.53. The van der Waals surface area contributed by atoms with Crippen LogP contribution in [0.1, 0.15) is 30.4 Å². The second kappa shape index (κ2) is 5.94. The van der Waals surface area contributed by atoms with Crippen LogP contribution in [-0.2, 0) is 17.8 Å². The van der Waals surface area contributed by atoms with E-state index in [1.54, 1.807) is 0 Å². The molecule has 4 heteroatoms. The maximum Gasteiger partial charge on any atom is 0.240 e. The Morgan fingerprint density at radius 2 is 2.10 bits per heavy atom. The van der Waals surface area contributed by atoms with Crippen molar-refractivity contribution in [1.29, 1.82) is 0 Å². The third-order valence-corrected chi connectivity index (χ3v) is 4.50. The number of aliphatic hydroxyl groups excluding tert-OH is 1. The monoisotopic (exact) mass is 274 g/mol. The van der Waals surface area contributed by atoms with Crippen molar-refractivity contribution in [2.75, 3.05) is 13.2 Å². The first-order valence-electron chi connectivity index (χ1n) is 7.51. The van der Waals surface area contributed by atoms with Gasteiger partial charge in [0.05, 0.1) is 18.7 Å². The van der Waals surface area contributed by atoms with Gasteiger partial charge in [-0.25, -0.2) is 0 Å². The molecule has 1 unspecified atom stereocenters. The molecule has 0 radical (unpaired) electrons. The number of rotatable bonds is 2. The summed E-state index contributed by atoms with van der Waals surface area (Å²) < 4.78 is 0. The molecule has 2 atom stereocenters. The molecule has 1 amide bonds. The Morgan fingerprint density at radius 1 is 1.30 bits per heavy atom. The van der Waals surface area contributed by atoms with E-state index in [0.29, 0.717) is 0 Å². The third kappa shape index (κ3) is 2.58. The summed E-state index contributed by atoms with van der Waals surface area (Å²) in [4.78, 5) is 14.6. The Morgan fingerprint density at radius 3 is 2.90 bits per heavy atom. The van der Waals surface area contributed by atoms with Crippen LogP contribution in [0.5, 0.6) is 0 Å². The largest absolute Gasteiger partial charge is 0.394 e. The Labute approximate surface area is 119 Å². The Kier molecular flexibility index (Phi) is 4.03. The lowest BCUT2D eigenvalue weighted by Gasteiger charge is -2.38. The summed E-state index contributed by atoms with van der Waals surface area (Å²) in [5.74, 6) is 0.151. The lowest BCUT2D eigenvalue weighted by atomic mass is 9.93. The number of hydrogen-bond acceptors (Lipinski definition) is 3. The van der Waals surface area contributed by atoms with Crippen LogP contribution in [0.2, 0.25) is 0 Å². The zero-order valence-electron chi connectivity index (χ0n) is 11.7. The molecule has 2 heterocycles. The number of hydrogen-bond donors (Lipinski definition) is 2. The molecular formula is C16H22N2O2. The predicted octanol–water partition coefficient (Wildman–Crippen LogP) is 1.07. The summed E-state index contributed by atoms with van der Waals surface area (Å²) in [7, 11) is 0. The summed E-state index contributed by atoms with van der Waals surface area (Å²) in [6.45, 7) is 1.61. The van der Waals surface area contributed by atoms with Gasteiger partial charge in [-0.1, -0.05) is 24.3 Å². The molecule has 0 aromatic heterocycles. The first kappa shape index (κ1) is 13.6. The number of piperidine rings is 1. The molecule has 0 aliphatic carbocycles. The van der Waals surface area contributed by atoms with Gasteiger partial charge in [-0.3, -0.25) is 4.79 Å². The van der Waals surface area contributed by atoms with E-state index in [9.17, 15) is 9.90 Å². The fourth-order valence-corrected chi connectivity index (χ4v) is 3.31. The van der Waals surface area contributed by atoms with E-state index in [1.165, 1.54) is 11.1 Å². The summed E-state index contributed by atoms with van der Waals surface area (Å²) in [6.07, 6.45) is 3.83. The molecule has 2 aliphatic heterocycles. The summed E-state index contributed by atoms with van der Waals surface area (Å²) >= 11 is 0. The quantitative estimate of drug-likeness (QED) is 0.848. The number of carbonyl (C=O) groups excluding carboxylic acids is 1. The number of fused-ring (bicyclic) bond motifs is 1. The standard InChI is InChI=1S/C16H22N2O2/c19-11-14-7-3-4-8-18(14)16(20)15-9-12-5-1-2-6-13(12)10-17-15/h1-2,5-6,14-15,17,19H,3-4,7-11H2/t14?,15-/m1/s1. The molecule has 2 N–H and O–H groups in total. The molecule has 20 heavy (non-hydrogen) atoms. The van der Waals surface area contributed by atoms with Crippen molar-refractivity contribution in [3.05, 3.63) is 35.4 Å². The van der Waals surface area contributed by atoms with Crippen molar-refractivity contribution in [1.82, 2.24) is 10.2 Å². The molecular weight excluding hydrogens is 252 g/mol. The number of likely N-dealkylation sites (tertiary alicyclic amines) is 1. The minimum Gasteiger partial charge on any atom is -0.394 e. The second-order valence-electron chi connectivity index (χ2n) is 5.77. The lowest BCUT2D eigenvalue weighted by molar-refractivity contribution is -0.138. The van der Waals surface area contributed by atoms with E-state index in [0.717, 1.165) is 38.8 Å². The smallest absolute Gasteiger partial charge is 0.240 e. The molecule has 1 aromatic rings. The normalized spacial score (nSPS) is 26.1. The number of carbonyl (C=O) groups is 1. The van der Waals surface area contributed by atoms with E-state index >= 15 is 0 Å². The minimum absolute atomic E-state index is 0.00946. The van der Waals surface area contributed by atoms with Crippen LogP contribution in [-0.4, -0.2) is 41.1 Å². The molecule has 1 saturated heterocycles. The van der Waals surface area contributed by atoms with Crippen molar-refractivity contribution in [3.8, 4) is 0 Å². The molecule has 0 saturated carbocycles. The number of aliphatic hydroxyl groups is 1. The minimum atomic E-state index is -0.142. The van der Waals surface area contributed by atoms with Crippen molar-refractivity contribution in [2.45, 2.75) is 44.3 Å². The highest BCUT2D eigenvalue weighted by Gasteiger charge is 2.32. The Bertz CT molecular complexity index is 489. The molecule has 4 nitrogen and oxygen atoms in total. The highest BCUT2D eigenvalue weighted by Crippen LogP contribution is 2.21. The van der Waals surface area contributed by atoms with E-state index in [-0.39, 0.29) is 24.6 Å². The Balaban J connectivity index is 1.72. The van der Waals surface area contributed by atoms with Crippen LogP contribution in [0.4, 0.5) is 0 Å². The highest BCUT2D eigenvalue weighted by atomic mass is 16.3. The number of nitrogens with one attached hydrogen (secondary N) is 1. The van der Waals surface area contributed by atoms with Crippen LogP contribution in [0, 0.1) is 0 Å². The first-order valence-corrected chi connectivity index (χ1v) is 7.51. The fourth-order valence-electron chi connectivity index (χ4n) is 3.31. The maximum atomic E-state index is 12.7. The number of benzene rings is 1. The van der Waals surface area contributed by atoms with E-state index < -0.39 is 0 Å². The molecule has 1 aromatic carbocycles. The SMILES string of the molecule is O=C([C@H]1Cc2ccccc2CN1)N1CCCCC1CO. The van der Waals surface area contributed by atoms with Gasteiger partial charge in [-0.15, -0.1) is 0 Å². The van der Waals surface area contributed by atoms with Crippen LogP contribution in [0.3, 0.4) is 0 Å². The van der Waals surface area contributed by atoms with E-state index in [1.807, 2.05) is 17.0 Å². The van der Waals surface area contributed by atoms with Crippen LogP contribution in [0.15, 0.2) is 24.3 Å². The van der Waals surface area contributed by atoms with Crippen molar-refractivity contribution in [3.63, 3.8) is 0 Å². The second-order valence-corrected chi connectivity index (χ2v) is 5.77. The summed E-state index contributed by atoms with van der Waals surface area (Å²) in [5.41, 5.74) is 2.55. The van der Waals surface area contributed by atoms with Gasteiger partial charge in [-0.2, -0.15) is 0 Å². The van der Waals surface area contributed by atoms with Crippen molar-refractivity contribution < 1.29 is 9.90 Å². The summed E-state index contributed by atoms with van der Waals surface area (Å²) in [6, 6.07) is 8.15. The maximum absolute atomic E-state index is 12.7. The van der Waals surface area contributed by atoms with Gasteiger partial charge in [0.25, 0.3) is 0 Å². The molecule has 1 fully saturated rings. The molecule has 0 spiro atoms. The highest BCUT2D eigenvalue weighted by molar-refractivity contribution is 5.83. The van der Waals surface area contributed by atoms with Gasteiger partial charge in [0.1, 0.15) is 0 Å². The first-order chi connectivity index (χ1) is 9.79. The van der Waals surface area contributed by atoms with E-state index in [4.69, 9.17) is 0 Å². The number of nitrogens with zero attached hydrogens (tertiary/aromatic N) is 1. The third-order valence-electron chi connectivity index (χ3n) is 4.50. The average molecular weight is 274 g/mol. The van der Waals surface area contributed by atoms with Crippen LogP contribution >= 0.6 is 0 Å². The number of amides is 1. The van der Waals surface area contributed by atoms with Crippen LogP contribution < -0.4 is 5.32 Å². The van der Waals surface area contributed by atoms with Gasteiger partial charge in [0.2, 0.25) is 5.91 Å². The van der Waals surface area contributed by atoms with Crippen molar-refractivity contribution >= 4 is 5.91 Å². The zero-order valence-corrected chi connectivity index (χ0v) is 11.7. The van der Waals surface area contributed by atoms with Crippen LogP contribution in [0.25, 0.3) is 0 Å². The van der Waals surface area contributed by atoms with Gasteiger partial charge < -0.3 is 15.3 Å². The summed E-state index contributed by atoms with van der Waals surface area (Å²) in [5, 5.41) is 12.8. The van der Waals surface area contributed by atoms with Gasteiger partial charge in [0.15, 0.2) is 0 Å². The predicted molar refractivity (Wildman–Crippen MR) is 77.2 cm³/mol. The lowest BCUT2D eigenvalue weighted by Crippen LogP contribution is -2.54. The van der Waals surface area contributed by atoms with Gasteiger partial charge in [0, 0.05) is 13.1 Å². The topological polar surface area (TPSA) is 52.6 Å². The van der Waals surface area contributed by atoms with Gasteiger partial charge >= 0.3 is 0 Å². The Hall–Kier alpha value is -1.39. The zero-order chi connectivity index (χ0) is 13.9. The fraction of sp³-hybridized carbons (Fsp3) is 0.562. The van der Waals surface area contributed by atoms with E-state index in [2.05, 4.69) is 17.4 Å². The van der Waals surface area contributed by atoms with Gasteiger partial charge in [-0.05, 0) is 36.8 Å². The van der Waals surface area contributed by atoms with Crippen molar-refractivity contribution in [2.24, 2.45) is 0 Å². The molecule has 2 aliphatic rings. The molecule has 108 valence electrons. The molecule has 3 rings (SSSR count). The molecule has 0 bridgehead atoms.